The maximum absolute atomic E-state index is 13.1. The van der Waals surface area contributed by atoms with Gasteiger partial charge in [-0.2, -0.15) is 13.2 Å². The van der Waals surface area contributed by atoms with Crippen LogP contribution in [0.25, 0.3) is 5.57 Å². The van der Waals surface area contributed by atoms with Gasteiger partial charge in [-0.1, -0.05) is 43.2 Å². The molecule has 1 N–H and O–H groups in total. The smallest absolute Gasteiger partial charge is 0.324 e. The van der Waals surface area contributed by atoms with E-state index in [9.17, 15) is 18.0 Å². The number of hydrogen-bond acceptors (Lipinski definition) is 3. The highest BCUT2D eigenvalue weighted by atomic mass is 19.4. The zero-order chi connectivity index (χ0) is 23.4. The Morgan fingerprint density at radius 3 is 2.52 bits per heavy atom. The predicted octanol–water partition coefficient (Wildman–Crippen LogP) is 5.73. The lowest BCUT2D eigenvalue weighted by Crippen LogP contribution is -2.37. The van der Waals surface area contributed by atoms with E-state index >= 15 is 0 Å². The molecule has 1 aromatic rings. The number of allylic oxidation sites excluding steroid dienone is 4. The Morgan fingerprint density at radius 1 is 1.09 bits per heavy atom. The molecule has 2 aliphatic heterocycles. The molecule has 2 atom stereocenters. The number of carbonyl (C=O) groups is 1. The molecule has 4 rings (SSSR count). The highest BCUT2D eigenvalue weighted by molar-refractivity contribution is 5.93. The van der Waals surface area contributed by atoms with Crippen LogP contribution in [0.15, 0.2) is 58.8 Å². The summed E-state index contributed by atoms with van der Waals surface area (Å²) in [4.78, 5) is 20.0. The molecule has 0 bridgehead atoms. The molecular weight excluding hydrogens is 427 g/mol. The number of hydrogen-bond donors (Lipinski definition) is 1. The second-order valence-electron chi connectivity index (χ2n) is 8.98. The summed E-state index contributed by atoms with van der Waals surface area (Å²) in [5.74, 6) is -0.620. The number of likely N-dealkylation sites (tertiary alicyclic amines) is 1. The minimum Gasteiger partial charge on any atom is -0.324 e. The van der Waals surface area contributed by atoms with E-state index in [0.29, 0.717) is 23.3 Å². The number of aliphatic imine (C=N–C) groups is 1. The Kier molecular flexibility index (Phi) is 7.17. The third-order valence-corrected chi connectivity index (χ3v) is 6.57. The number of nitrogens with one attached hydrogen (secondary N) is 1. The van der Waals surface area contributed by atoms with E-state index in [1.54, 1.807) is 18.4 Å². The fourth-order valence-electron chi connectivity index (χ4n) is 4.65. The van der Waals surface area contributed by atoms with Crippen molar-refractivity contribution in [2.75, 3.05) is 13.1 Å². The first-order chi connectivity index (χ1) is 15.8. The number of dihydropyridines is 1. The van der Waals surface area contributed by atoms with E-state index in [1.807, 2.05) is 19.1 Å². The van der Waals surface area contributed by atoms with Crippen molar-refractivity contribution in [2.45, 2.75) is 57.8 Å². The Labute approximate surface area is 193 Å². The lowest BCUT2D eigenvalue weighted by Gasteiger charge is -2.29. The molecule has 1 amide bonds. The van der Waals surface area contributed by atoms with Crippen LogP contribution in [0.1, 0.15) is 56.6 Å². The van der Waals surface area contributed by atoms with Crippen LogP contribution in [0.4, 0.5) is 13.2 Å². The molecule has 176 valence electrons. The monoisotopic (exact) mass is 457 g/mol. The molecule has 0 saturated carbocycles. The quantitative estimate of drug-likeness (QED) is 0.627. The molecule has 1 saturated heterocycles. The maximum Gasteiger partial charge on any atom is 0.416 e. The molecular formula is C26H30F3N3O. The highest BCUT2D eigenvalue weighted by Crippen LogP contribution is 2.35. The van der Waals surface area contributed by atoms with Gasteiger partial charge in [-0.3, -0.25) is 14.7 Å². The Balaban J connectivity index is 1.42. The summed E-state index contributed by atoms with van der Waals surface area (Å²) in [7, 11) is 0. The van der Waals surface area contributed by atoms with E-state index in [1.165, 1.54) is 31.7 Å². The first-order valence-corrected chi connectivity index (χ1v) is 11.7. The first-order valence-electron chi connectivity index (χ1n) is 11.7. The number of nitrogens with zero attached hydrogens (tertiary/aromatic N) is 2. The summed E-state index contributed by atoms with van der Waals surface area (Å²) >= 11 is 0. The summed E-state index contributed by atoms with van der Waals surface area (Å²) in [6.45, 7) is 3.99. The minimum absolute atomic E-state index is 0.136. The molecule has 2 unspecified atom stereocenters. The van der Waals surface area contributed by atoms with Crippen LogP contribution in [0.5, 0.6) is 0 Å². The van der Waals surface area contributed by atoms with E-state index in [2.05, 4.69) is 15.2 Å². The lowest BCUT2D eigenvalue weighted by atomic mass is 9.86. The molecule has 1 aliphatic carbocycles. The van der Waals surface area contributed by atoms with Gasteiger partial charge in [0.25, 0.3) is 0 Å². The fraction of sp³-hybridized carbons (Fsp3) is 0.462. The van der Waals surface area contributed by atoms with Crippen LogP contribution < -0.4 is 5.32 Å². The molecule has 33 heavy (non-hydrogen) atoms. The molecule has 1 aromatic carbocycles. The van der Waals surface area contributed by atoms with Crippen molar-refractivity contribution in [3.8, 4) is 0 Å². The molecule has 0 aromatic heterocycles. The van der Waals surface area contributed by atoms with E-state index in [4.69, 9.17) is 0 Å². The lowest BCUT2D eigenvalue weighted by molar-refractivity contribution is -0.137. The largest absolute Gasteiger partial charge is 0.416 e. The second-order valence-corrected chi connectivity index (χ2v) is 8.98. The van der Waals surface area contributed by atoms with Gasteiger partial charge in [0.1, 0.15) is 6.17 Å². The Hall–Kier alpha value is -2.67. The zero-order valence-corrected chi connectivity index (χ0v) is 18.9. The van der Waals surface area contributed by atoms with Gasteiger partial charge in [-0.25, -0.2) is 0 Å². The van der Waals surface area contributed by atoms with Crippen molar-refractivity contribution in [2.24, 2.45) is 10.9 Å². The van der Waals surface area contributed by atoms with E-state index in [0.717, 1.165) is 37.2 Å². The number of benzene rings is 1. The van der Waals surface area contributed by atoms with Crippen molar-refractivity contribution in [1.82, 2.24) is 10.2 Å². The molecule has 0 spiro atoms. The van der Waals surface area contributed by atoms with Gasteiger partial charge in [0.05, 0.1) is 17.2 Å². The molecule has 3 aliphatic rings. The highest BCUT2D eigenvalue weighted by Gasteiger charge is 2.31. The average molecular weight is 458 g/mol. The van der Waals surface area contributed by atoms with Crippen molar-refractivity contribution in [3.63, 3.8) is 0 Å². The van der Waals surface area contributed by atoms with Crippen LogP contribution in [-0.2, 0) is 11.0 Å². The first kappa shape index (κ1) is 23.5. The fourth-order valence-corrected chi connectivity index (χ4v) is 4.65. The van der Waals surface area contributed by atoms with Crippen LogP contribution in [0, 0.1) is 5.92 Å². The van der Waals surface area contributed by atoms with Gasteiger partial charge in [-0.05, 0) is 55.0 Å². The summed E-state index contributed by atoms with van der Waals surface area (Å²) in [6, 6.07) is 5.25. The topological polar surface area (TPSA) is 44.7 Å². The number of halogens is 3. The predicted molar refractivity (Wildman–Crippen MR) is 124 cm³/mol. The van der Waals surface area contributed by atoms with Gasteiger partial charge in [0.2, 0.25) is 5.91 Å². The van der Waals surface area contributed by atoms with E-state index in [-0.39, 0.29) is 12.1 Å². The van der Waals surface area contributed by atoms with Crippen molar-refractivity contribution >= 4 is 17.7 Å². The van der Waals surface area contributed by atoms with Crippen molar-refractivity contribution < 1.29 is 18.0 Å². The van der Waals surface area contributed by atoms with Gasteiger partial charge >= 0.3 is 6.18 Å². The van der Waals surface area contributed by atoms with Gasteiger partial charge in [-0.15, -0.1) is 0 Å². The van der Waals surface area contributed by atoms with Crippen LogP contribution in [0.3, 0.4) is 0 Å². The summed E-state index contributed by atoms with van der Waals surface area (Å²) in [5, 5.41) is 2.95. The molecule has 2 heterocycles. The third-order valence-electron chi connectivity index (χ3n) is 6.57. The maximum atomic E-state index is 13.1. The van der Waals surface area contributed by atoms with Crippen molar-refractivity contribution in [3.05, 3.63) is 64.9 Å². The summed E-state index contributed by atoms with van der Waals surface area (Å²) < 4.78 is 39.4. The van der Waals surface area contributed by atoms with Gasteiger partial charge in [0, 0.05) is 25.7 Å². The molecule has 0 radical (unpaired) electrons. The summed E-state index contributed by atoms with van der Waals surface area (Å²) in [6.07, 6.45) is 9.41. The molecule has 7 heteroatoms. The molecule has 1 fully saturated rings. The van der Waals surface area contributed by atoms with Crippen molar-refractivity contribution in [1.29, 1.82) is 0 Å². The second kappa shape index (κ2) is 10.1. The SMILES string of the molecule is CC1=CCC(C(=O)NC2=CCC(N3CCCCCC3)N=C2)C=C1c1cccc(C(F)(F)F)c1. The minimum atomic E-state index is -4.41. The zero-order valence-electron chi connectivity index (χ0n) is 18.9. The number of alkyl halides is 3. The van der Waals surface area contributed by atoms with Crippen LogP contribution in [-0.4, -0.2) is 36.3 Å². The summed E-state index contributed by atoms with van der Waals surface area (Å²) in [5.41, 5.74) is 2.00. The van der Waals surface area contributed by atoms with Gasteiger partial charge < -0.3 is 5.32 Å². The normalized spacial score (nSPS) is 24.4. The number of carbonyl (C=O) groups excluding carboxylic acids is 1. The number of rotatable bonds is 4. The number of amides is 1. The van der Waals surface area contributed by atoms with Crippen LogP contribution in [0.2, 0.25) is 0 Å². The Morgan fingerprint density at radius 2 is 1.85 bits per heavy atom. The Bertz CT molecular complexity index is 998. The van der Waals surface area contributed by atoms with Gasteiger partial charge in [0.15, 0.2) is 0 Å². The average Bonchev–Trinajstić information content (AvgIpc) is 3.09. The third kappa shape index (κ3) is 5.82. The van der Waals surface area contributed by atoms with Crippen LogP contribution >= 0.6 is 0 Å². The van der Waals surface area contributed by atoms with E-state index < -0.39 is 17.7 Å². The molecule has 4 nitrogen and oxygen atoms in total. The standard InChI is InChI=1S/C26H30F3N3O/c1-18-9-10-20(16-23(18)19-7-6-8-21(15-19)26(27,28)29)25(33)31-22-11-12-24(30-17-22)32-13-4-2-3-5-14-32/h6-9,11,15-17,20,24H,2-5,10,12-14H2,1H3,(H,31,33).